The molecule has 0 aromatic rings. The molecule has 0 aromatic carbocycles. The van der Waals surface area contributed by atoms with Gasteiger partial charge in [-0.1, -0.05) is 0 Å². The van der Waals surface area contributed by atoms with Gasteiger partial charge in [-0.3, -0.25) is 10.2 Å². The van der Waals surface area contributed by atoms with E-state index in [1.165, 1.54) is 0 Å². The number of carbonyl (C=O) groups is 1. The highest BCUT2D eigenvalue weighted by molar-refractivity contribution is 5.69. The van der Waals surface area contributed by atoms with Crippen LogP contribution in [0.5, 0.6) is 0 Å². The van der Waals surface area contributed by atoms with Gasteiger partial charge >= 0.3 is 5.97 Å². The van der Waals surface area contributed by atoms with E-state index in [0.29, 0.717) is 12.5 Å². The van der Waals surface area contributed by atoms with E-state index in [0.717, 1.165) is 25.7 Å². The topological polar surface area (TPSA) is 78.8 Å². The Kier molecular flexibility index (Phi) is 3.67. The van der Waals surface area contributed by atoms with Crippen molar-refractivity contribution in [3.63, 3.8) is 0 Å². The molecule has 2 N–H and O–H groups in total. The number of rotatable bonds is 4. The molecule has 5 heteroatoms. The van der Waals surface area contributed by atoms with Crippen molar-refractivity contribution >= 4 is 5.97 Å². The van der Waals surface area contributed by atoms with Gasteiger partial charge in [0.2, 0.25) is 0 Å². The third kappa shape index (κ3) is 3.01. The predicted molar refractivity (Wildman–Crippen MR) is 46.9 cm³/mol. The summed E-state index contributed by atoms with van der Waals surface area (Å²) in [6, 6.07) is 0. The van der Waals surface area contributed by atoms with E-state index in [1.54, 1.807) is 0 Å². The van der Waals surface area contributed by atoms with Gasteiger partial charge in [-0.25, -0.2) is 0 Å². The second-order valence-electron chi connectivity index (χ2n) is 3.51. The first-order chi connectivity index (χ1) is 6.24. The molecule has 0 radical (unpaired) electrons. The largest absolute Gasteiger partial charge is 0.481 e. The quantitative estimate of drug-likeness (QED) is 0.510. The third-order valence-electron chi connectivity index (χ3n) is 2.64. The number of nitrogens with zero attached hydrogens (tertiary/aromatic N) is 1. The van der Waals surface area contributed by atoms with Crippen molar-refractivity contribution < 1.29 is 9.90 Å². The molecule has 0 unspecified atom stereocenters. The summed E-state index contributed by atoms with van der Waals surface area (Å²) in [5, 5.41) is 11.3. The lowest BCUT2D eigenvalue weighted by atomic mass is 9.82. The Bertz CT molecular complexity index is 188. The Labute approximate surface area is 76.5 Å². The zero-order chi connectivity index (χ0) is 9.68. The Morgan fingerprint density at radius 1 is 1.38 bits per heavy atom. The molecule has 5 nitrogen and oxygen atoms in total. The molecule has 0 saturated heterocycles. The van der Waals surface area contributed by atoms with E-state index in [2.05, 4.69) is 10.7 Å². The first-order valence-electron chi connectivity index (χ1n) is 4.52. The number of nitrogens with one attached hydrogen (secondary N) is 1. The minimum atomic E-state index is -0.695. The Morgan fingerprint density at radius 2 is 2.00 bits per heavy atom. The summed E-state index contributed by atoms with van der Waals surface area (Å²) in [7, 11) is 0. The van der Waals surface area contributed by atoms with Crippen molar-refractivity contribution in [2.45, 2.75) is 25.7 Å². The van der Waals surface area contributed by atoms with Crippen LogP contribution in [0, 0.1) is 16.7 Å². The molecule has 1 rings (SSSR count). The number of hydrogen-bond acceptors (Lipinski definition) is 3. The highest BCUT2D eigenvalue weighted by atomic mass is 16.4. The minimum absolute atomic E-state index is 0.180. The summed E-state index contributed by atoms with van der Waals surface area (Å²) in [5.41, 5.74) is 2.38. The molecule has 1 aliphatic carbocycles. The van der Waals surface area contributed by atoms with Gasteiger partial charge in [0, 0.05) is 11.8 Å². The van der Waals surface area contributed by atoms with Crippen LogP contribution in [-0.2, 0) is 4.79 Å². The van der Waals surface area contributed by atoms with Gasteiger partial charge in [0.05, 0.1) is 5.92 Å². The van der Waals surface area contributed by atoms with Crippen LogP contribution in [0.2, 0.25) is 0 Å². The van der Waals surface area contributed by atoms with Crippen LogP contribution >= 0.6 is 0 Å². The molecular weight excluding hydrogens is 172 g/mol. The molecule has 0 amide bonds. The Hall–Kier alpha value is -1.13. The maximum atomic E-state index is 10.6. The molecule has 1 fully saturated rings. The van der Waals surface area contributed by atoms with Crippen LogP contribution in [0.25, 0.3) is 0 Å². The van der Waals surface area contributed by atoms with Gasteiger partial charge in [0.15, 0.2) is 0 Å². The fourth-order valence-corrected chi connectivity index (χ4v) is 1.78. The summed E-state index contributed by atoms with van der Waals surface area (Å²) < 4.78 is 0. The number of aliphatic carboxylic acids is 1. The monoisotopic (exact) mass is 186 g/mol. The third-order valence-corrected chi connectivity index (χ3v) is 2.64. The second kappa shape index (κ2) is 4.79. The average Bonchev–Trinajstić information content (AvgIpc) is 2.15. The van der Waals surface area contributed by atoms with Gasteiger partial charge in [0.25, 0.3) is 0 Å². The molecule has 0 spiro atoms. The molecule has 0 aliphatic heterocycles. The van der Waals surface area contributed by atoms with E-state index in [-0.39, 0.29) is 5.92 Å². The van der Waals surface area contributed by atoms with Crippen molar-refractivity contribution in [1.82, 2.24) is 5.43 Å². The summed E-state index contributed by atoms with van der Waals surface area (Å²) >= 11 is 0. The zero-order valence-electron chi connectivity index (χ0n) is 7.40. The first kappa shape index (κ1) is 9.95. The van der Waals surface area contributed by atoms with Crippen LogP contribution in [0.15, 0.2) is 5.29 Å². The fraction of sp³-hybridized carbons (Fsp3) is 0.875. The van der Waals surface area contributed by atoms with Crippen LogP contribution in [0.1, 0.15) is 25.7 Å². The molecule has 74 valence electrons. The minimum Gasteiger partial charge on any atom is -0.481 e. The SMILES string of the molecule is O=NNCC1CCC(C(=O)O)CC1. The van der Waals surface area contributed by atoms with Crippen molar-refractivity contribution in [3.05, 3.63) is 4.91 Å². The van der Waals surface area contributed by atoms with Crippen molar-refractivity contribution in [2.24, 2.45) is 17.1 Å². The molecule has 1 saturated carbocycles. The Balaban J connectivity index is 2.22. The molecule has 0 aromatic heterocycles. The van der Waals surface area contributed by atoms with Crippen LogP contribution in [0.4, 0.5) is 0 Å². The van der Waals surface area contributed by atoms with Crippen LogP contribution in [0.3, 0.4) is 0 Å². The molecule has 0 bridgehead atoms. The molecule has 1 aliphatic rings. The number of nitroso groups, excluding NO2 is 1. The number of carboxylic acids is 1. The fourth-order valence-electron chi connectivity index (χ4n) is 1.78. The van der Waals surface area contributed by atoms with Gasteiger partial charge in [-0.15, -0.1) is 4.91 Å². The van der Waals surface area contributed by atoms with Crippen LogP contribution < -0.4 is 5.43 Å². The van der Waals surface area contributed by atoms with E-state index >= 15 is 0 Å². The van der Waals surface area contributed by atoms with Gasteiger partial charge < -0.3 is 5.11 Å². The van der Waals surface area contributed by atoms with Crippen molar-refractivity contribution in [3.8, 4) is 0 Å². The number of carboxylic acid groups (broad SMARTS) is 1. The van der Waals surface area contributed by atoms with Crippen molar-refractivity contribution in [2.75, 3.05) is 6.54 Å². The van der Waals surface area contributed by atoms with Crippen molar-refractivity contribution in [1.29, 1.82) is 0 Å². The van der Waals surface area contributed by atoms with Gasteiger partial charge in [-0.05, 0) is 31.6 Å². The average molecular weight is 186 g/mol. The summed E-state index contributed by atoms with van der Waals surface area (Å²) in [6.45, 7) is 0.579. The lowest BCUT2D eigenvalue weighted by molar-refractivity contribution is -0.143. The number of hydrogen-bond donors (Lipinski definition) is 2. The smallest absolute Gasteiger partial charge is 0.306 e. The molecular formula is C8H14N2O3. The standard InChI is InChI=1S/C8H14N2O3/c11-8(12)7-3-1-6(2-4-7)5-9-10-13/h6-7H,1-5H2,(H,9,13)(H,11,12). The highest BCUT2D eigenvalue weighted by Gasteiger charge is 2.25. The second-order valence-corrected chi connectivity index (χ2v) is 3.51. The van der Waals surface area contributed by atoms with E-state index in [4.69, 9.17) is 5.11 Å². The molecule has 0 heterocycles. The summed E-state index contributed by atoms with van der Waals surface area (Å²) in [4.78, 5) is 20.4. The molecule has 13 heavy (non-hydrogen) atoms. The zero-order valence-corrected chi connectivity index (χ0v) is 7.40. The maximum Gasteiger partial charge on any atom is 0.306 e. The highest BCUT2D eigenvalue weighted by Crippen LogP contribution is 2.28. The van der Waals surface area contributed by atoms with E-state index in [1.807, 2.05) is 0 Å². The van der Waals surface area contributed by atoms with Gasteiger partial charge in [0.1, 0.15) is 0 Å². The predicted octanol–water partition coefficient (Wildman–Crippen LogP) is 1.15. The Morgan fingerprint density at radius 3 is 2.46 bits per heavy atom. The van der Waals surface area contributed by atoms with E-state index in [9.17, 15) is 9.70 Å². The lowest BCUT2D eigenvalue weighted by Gasteiger charge is -2.25. The lowest BCUT2D eigenvalue weighted by Crippen LogP contribution is -2.26. The van der Waals surface area contributed by atoms with E-state index < -0.39 is 5.97 Å². The van der Waals surface area contributed by atoms with Gasteiger partial charge in [-0.2, -0.15) is 0 Å². The maximum absolute atomic E-state index is 10.6. The normalized spacial score (nSPS) is 28.0. The summed E-state index contributed by atoms with van der Waals surface area (Å²) in [5.74, 6) is -0.464. The summed E-state index contributed by atoms with van der Waals surface area (Å²) in [6.07, 6.45) is 3.19. The molecule has 0 atom stereocenters. The van der Waals surface area contributed by atoms with Crippen LogP contribution in [-0.4, -0.2) is 17.6 Å². The first-order valence-corrected chi connectivity index (χ1v) is 4.52.